The maximum absolute atomic E-state index is 5.99. The smallest absolute Gasteiger partial charge is 0.194 e. The molecular weight excluding hydrogens is 471 g/mol. The van der Waals surface area contributed by atoms with E-state index in [1.54, 1.807) is 0 Å². The number of rotatable bonds is 6. The lowest BCUT2D eigenvalue weighted by Gasteiger charge is -2.37. The van der Waals surface area contributed by atoms with Gasteiger partial charge < -0.3 is 24.4 Å². The van der Waals surface area contributed by atoms with Gasteiger partial charge in [0.1, 0.15) is 6.10 Å². The zero-order valence-corrected chi connectivity index (χ0v) is 20.1. The van der Waals surface area contributed by atoms with Crippen molar-refractivity contribution in [1.29, 1.82) is 0 Å². The van der Waals surface area contributed by atoms with Crippen molar-refractivity contribution in [3.8, 4) is 0 Å². The van der Waals surface area contributed by atoms with Gasteiger partial charge in [-0.3, -0.25) is 9.89 Å². The van der Waals surface area contributed by atoms with Crippen LogP contribution in [-0.4, -0.2) is 99.7 Å². The monoisotopic (exact) mass is 510 g/mol. The largest absolute Gasteiger partial charge is 0.375 e. The van der Waals surface area contributed by atoms with Gasteiger partial charge in [0, 0.05) is 45.9 Å². The summed E-state index contributed by atoms with van der Waals surface area (Å²) in [5.74, 6) is 1.67. The number of hydrogen-bond acceptors (Lipinski definition) is 5. The van der Waals surface area contributed by atoms with E-state index in [-0.39, 0.29) is 42.3 Å². The van der Waals surface area contributed by atoms with Crippen LogP contribution in [0, 0.1) is 5.92 Å². The van der Waals surface area contributed by atoms with Gasteiger partial charge in [-0.1, -0.05) is 13.8 Å². The summed E-state index contributed by atoms with van der Waals surface area (Å²) in [5.41, 5.74) is 0. The van der Waals surface area contributed by atoms with E-state index in [0.717, 1.165) is 77.9 Å². The third-order valence-electron chi connectivity index (χ3n) is 5.40. The molecule has 3 unspecified atom stereocenters. The van der Waals surface area contributed by atoms with Crippen LogP contribution in [0.1, 0.15) is 33.6 Å². The van der Waals surface area contributed by atoms with Crippen molar-refractivity contribution in [2.24, 2.45) is 10.9 Å². The molecular formula is C20H39IN4O3. The SMILES string of the molecule is CCNC(=NCC1CN(CC(C)C)CCO1)N1CCOC(C2CCCO2)C1.I. The van der Waals surface area contributed by atoms with Crippen molar-refractivity contribution in [3.63, 3.8) is 0 Å². The average molecular weight is 510 g/mol. The molecule has 3 atom stereocenters. The van der Waals surface area contributed by atoms with Crippen LogP contribution in [-0.2, 0) is 14.2 Å². The van der Waals surface area contributed by atoms with Crippen LogP contribution in [0.2, 0.25) is 0 Å². The Kier molecular flexibility index (Phi) is 10.8. The second kappa shape index (κ2) is 12.5. The number of aliphatic imine (C=N–C) groups is 1. The second-order valence-corrected chi connectivity index (χ2v) is 8.25. The number of ether oxygens (including phenoxy) is 3. The number of morpholine rings is 2. The predicted octanol–water partition coefficient (Wildman–Crippen LogP) is 1.81. The van der Waals surface area contributed by atoms with Crippen molar-refractivity contribution in [1.82, 2.24) is 15.1 Å². The van der Waals surface area contributed by atoms with Gasteiger partial charge in [0.25, 0.3) is 0 Å². The summed E-state index contributed by atoms with van der Waals surface area (Å²) in [6.07, 6.45) is 2.82. The first-order valence-electron chi connectivity index (χ1n) is 10.8. The van der Waals surface area contributed by atoms with Crippen molar-refractivity contribution >= 4 is 29.9 Å². The van der Waals surface area contributed by atoms with Crippen molar-refractivity contribution in [2.75, 3.05) is 65.6 Å². The molecule has 8 heteroatoms. The summed E-state index contributed by atoms with van der Waals surface area (Å²) >= 11 is 0. The average Bonchev–Trinajstić information content (AvgIpc) is 3.20. The van der Waals surface area contributed by atoms with Crippen LogP contribution in [0.5, 0.6) is 0 Å². The molecule has 164 valence electrons. The van der Waals surface area contributed by atoms with Crippen molar-refractivity contribution < 1.29 is 14.2 Å². The van der Waals surface area contributed by atoms with E-state index >= 15 is 0 Å². The highest BCUT2D eigenvalue weighted by molar-refractivity contribution is 14.0. The first-order valence-corrected chi connectivity index (χ1v) is 10.8. The first-order chi connectivity index (χ1) is 13.2. The minimum Gasteiger partial charge on any atom is -0.375 e. The summed E-state index contributed by atoms with van der Waals surface area (Å²) in [5, 5.41) is 3.46. The first kappa shape index (κ1) is 24.1. The van der Waals surface area contributed by atoms with Gasteiger partial charge in [-0.05, 0) is 25.7 Å². The Labute approximate surface area is 187 Å². The van der Waals surface area contributed by atoms with E-state index in [4.69, 9.17) is 19.2 Å². The molecule has 7 nitrogen and oxygen atoms in total. The molecule has 0 aromatic carbocycles. The highest BCUT2D eigenvalue weighted by atomic mass is 127. The van der Waals surface area contributed by atoms with Crippen molar-refractivity contribution in [3.05, 3.63) is 0 Å². The van der Waals surface area contributed by atoms with Crippen LogP contribution in [0.4, 0.5) is 0 Å². The zero-order chi connectivity index (χ0) is 19.1. The standard InChI is InChI=1S/C20H38N4O3.HI/c1-4-21-20(22-12-17-14-23(7-10-25-17)13-16(2)3)24-8-11-27-19(15-24)18-6-5-9-26-18;/h16-19H,4-15H2,1-3H3,(H,21,22);1H. The fourth-order valence-electron chi connectivity index (χ4n) is 4.18. The summed E-state index contributed by atoms with van der Waals surface area (Å²) in [6, 6.07) is 0. The van der Waals surface area contributed by atoms with E-state index in [2.05, 4.69) is 35.9 Å². The van der Waals surface area contributed by atoms with Crippen LogP contribution in [0.25, 0.3) is 0 Å². The lowest BCUT2D eigenvalue weighted by atomic mass is 10.1. The van der Waals surface area contributed by atoms with Gasteiger partial charge in [-0.25, -0.2) is 0 Å². The minimum absolute atomic E-state index is 0. The molecule has 28 heavy (non-hydrogen) atoms. The lowest BCUT2D eigenvalue weighted by Crippen LogP contribution is -2.53. The molecule has 0 aromatic heterocycles. The van der Waals surface area contributed by atoms with Crippen molar-refractivity contribution in [2.45, 2.75) is 51.9 Å². The molecule has 3 rings (SSSR count). The van der Waals surface area contributed by atoms with E-state index in [9.17, 15) is 0 Å². The fraction of sp³-hybridized carbons (Fsp3) is 0.950. The normalized spacial score (nSPS) is 29.8. The molecule has 0 saturated carbocycles. The molecule has 3 aliphatic rings. The van der Waals surface area contributed by atoms with E-state index in [1.807, 2.05) is 0 Å². The summed E-state index contributed by atoms with van der Waals surface area (Å²) in [6.45, 7) is 15.5. The summed E-state index contributed by atoms with van der Waals surface area (Å²) in [7, 11) is 0. The Balaban J connectivity index is 0.00000280. The Morgan fingerprint density at radius 2 is 1.86 bits per heavy atom. The molecule has 0 bridgehead atoms. The molecule has 3 aliphatic heterocycles. The zero-order valence-electron chi connectivity index (χ0n) is 17.8. The Bertz CT molecular complexity index is 474. The molecule has 3 saturated heterocycles. The molecule has 0 spiro atoms. The number of hydrogen-bond donors (Lipinski definition) is 1. The lowest BCUT2D eigenvalue weighted by molar-refractivity contribution is -0.0818. The van der Waals surface area contributed by atoms with Crippen LogP contribution in [0.3, 0.4) is 0 Å². The molecule has 0 amide bonds. The molecule has 3 heterocycles. The maximum Gasteiger partial charge on any atom is 0.194 e. The summed E-state index contributed by atoms with van der Waals surface area (Å²) in [4.78, 5) is 9.75. The topological polar surface area (TPSA) is 58.6 Å². The van der Waals surface area contributed by atoms with Gasteiger partial charge in [-0.2, -0.15) is 0 Å². The van der Waals surface area contributed by atoms with Gasteiger partial charge in [0.05, 0.1) is 32.0 Å². The molecule has 0 radical (unpaired) electrons. The number of halogens is 1. The highest BCUT2D eigenvalue weighted by Gasteiger charge is 2.32. The number of nitrogens with zero attached hydrogens (tertiary/aromatic N) is 3. The molecule has 1 N–H and O–H groups in total. The third-order valence-corrected chi connectivity index (χ3v) is 5.40. The van der Waals surface area contributed by atoms with E-state index < -0.39 is 0 Å². The molecule has 0 aliphatic carbocycles. The maximum atomic E-state index is 5.99. The van der Waals surface area contributed by atoms with Gasteiger partial charge in [0.2, 0.25) is 0 Å². The predicted molar refractivity (Wildman–Crippen MR) is 123 cm³/mol. The summed E-state index contributed by atoms with van der Waals surface area (Å²) < 4.78 is 17.8. The van der Waals surface area contributed by atoms with Gasteiger partial charge >= 0.3 is 0 Å². The minimum atomic E-state index is 0. The Morgan fingerprint density at radius 1 is 1.07 bits per heavy atom. The van der Waals surface area contributed by atoms with Crippen LogP contribution in [0.15, 0.2) is 4.99 Å². The van der Waals surface area contributed by atoms with Crippen LogP contribution >= 0.6 is 24.0 Å². The highest BCUT2D eigenvalue weighted by Crippen LogP contribution is 2.21. The second-order valence-electron chi connectivity index (χ2n) is 8.25. The van der Waals surface area contributed by atoms with Gasteiger partial charge in [0.15, 0.2) is 5.96 Å². The third kappa shape index (κ3) is 7.27. The number of nitrogens with one attached hydrogen (secondary N) is 1. The van der Waals surface area contributed by atoms with Gasteiger partial charge in [-0.15, -0.1) is 24.0 Å². The van der Waals surface area contributed by atoms with E-state index in [0.29, 0.717) is 12.5 Å². The molecule has 0 aromatic rings. The quantitative estimate of drug-likeness (QED) is 0.334. The Hall–Kier alpha value is -0.160. The van der Waals surface area contributed by atoms with Crippen LogP contribution < -0.4 is 5.32 Å². The van der Waals surface area contributed by atoms with E-state index in [1.165, 1.54) is 0 Å². The Morgan fingerprint density at radius 3 is 2.57 bits per heavy atom. The fourth-order valence-corrected chi connectivity index (χ4v) is 4.18. The number of guanidine groups is 1. The molecule has 3 fully saturated rings.